The monoisotopic (exact) mass is 196 g/mol. The number of rotatable bonds is 4. The van der Waals surface area contributed by atoms with Crippen molar-refractivity contribution >= 4 is 0 Å². The van der Waals surface area contributed by atoms with E-state index in [0.717, 1.165) is 12.1 Å². The van der Waals surface area contributed by atoms with Gasteiger partial charge in [-0.05, 0) is 44.8 Å². The van der Waals surface area contributed by atoms with E-state index in [-0.39, 0.29) is 0 Å². The van der Waals surface area contributed by atoms with Gasteiger partial charge in [0, 0.05) is 12.7 Å². The minimum Gasteiger partial charge on any atom is -0.330 e. The zero-order valence-corrected chi connectivity index (χ0v) is 9.25. The molecule has 0 bridgehead atoms. The molecule has 0 aliphatic carbocycles. The number of aromatic nitrogens is 2. The Morgan fingerprint density at radius 2 is 1.86 bits per heavy atom. The summed E-state index contributed by atoms with van der Waals surface area (Å²) in [5.41, 5.74) is 14.9. The summed E-state index contributed by atoms with van der Waals surface area (Å²) in [5.74, 6) is 0.372. The highest BCUT2D eigenvalue weighted by atomic mass is 15.3. The number of hydrogen-bond acceptors (Lipinski definition) is 3. The van der Waals surface area contributed by atoms with Crippen LogP contribution in [-0.2, 0) is 13.5 Å². The molecule has 0 atom stereocenters. The fraction of sp³-hybridized carbons (Fsp3) is 0.700. The molecule has 4 N–H and O–H groups in total. The van der Waals surface area contributed by atoms with Crippen LogP contribution >= 0.6 is 0 Å². The molecule has 0 aromatic carbocycles. The Balaban J connectivity index is 2.84. The third-order valence-corrected chi connectivity index (χ3v) is 2.82. The van der Waals surface area contributed by atoms with Crippen molar-refractivity contribution in [2.24, 2.45) is 24.4 Å². The highest BCUT2D eigenvalue weighted by Gasteiger charge is 2.13. The number of hydrogen-bond donors (Lipinski definition) is 2. The van der Waals surface area contributed by atoms with Crippen molar-refractivity contribution in [2.75, 3.05) is 13.1 Å². The van der Waals surface area contributed by atoms with Crippen LogP contribution in [0.1, 0.15) is 17.0 Å². The molecule has 4 nitrogen and oxygen atoms in total. The maximum Gasteiger partial charge on any atom is 0.0628 e. The van der Waals surface area contributed by atoms with Gasteiger partial charge in [-0.2, -0.15) is 5.10 Å². The second-order valence-corrected chi connectivity index (χ2v) is 3.81. The molecule has 0 aliphatic rings. The average Bonchev–Trinajstić information content (AvgIpc) is 2.40. The van der Waals surface area contributed by atoms with Gasteiger partial charge >= 0.3 is 0 Å². The Morgan fingerprint density at radius 1 is 1.29 bits per heavy atom. The lowest BCUT2D eigenvalue weighted by Crippen LogP contribution is -2.25. The SMILES string of the molecule is Cc1nn(C)c(C)c1CC(CN)CN. The molecule has 0 amide bonds. The summed E-state index contributed by atoms with van der Waals surface area (Å²) in [6, 6.07) is 0. The van der Waals surface area contributed by atoms with E-state index in [9.17, 15) is 0 Å². The predicted molar refractivity (Wildman–Crippen MR) is 58.0 cm³/mol. The second-order valence-electron chi connectivity index (χ2n) is 3.81. The Labute approximate surface area is 85.3 Å². The molecule has 0 saturated heterocycles. The highest BCUT2D eigenvalue weighted by molar-refractivity contribution is 5.24. The van der Waals surface area contributed by atoms with Crippen molar-refractivity contribution < 1.29 is 0 Å². The topological polar surface area (TPSA) is 69.9 Å². The van der Waals surface area contributed by atoms with E-state index in [1.807, 2.05) is 18.7 Å². The van der Waals surface area contributed by atoms with Crippen molar-refractivity contribution in [3.8, 4) is 0 Å². The number of nitrogens with two attached hydrogens (primary N) is 2. The van der Waals surface area contributed by atoms with Crippen molar-refractivity contribution in [3.05, 3.63) is 17.0 Å². The molecule has 0 saturated carbocycles. The van der Waals surface area contributed by atoms with Crippen LogP contribution < -0.4 is 11.5 Å². The predicted octanol–water partition coefficient (Wildman–Crippen LogP) is 0.113. The Hall–Kier alpha value is -0.870. The van der Waals surface area contributed by atoms with Gasteiger partial charge in [0.1, 0.15) is 0 Å². The largest absolute Gasteiger partial charge is 0.330 e. The first-order valence-electron chi connectivity index (χ1n) is 4.99. The molecule has 0 aliphatic heterocycles. The maximum absolute atomic E-state index is 5.63. The molecular formula is C10H20N4. The lowest BCUT2D eigenvalue weighted by Gasteiger charge is -2.11. The van der Waals surface area contributed by atoms with Gasteiger partial charge in [0.2, 0.25) is 0 Å². The lowest BCUT2D eigenvalue weighted by molar-refractivity contribution is 0.545. The van der Waals surface area contributed by atoms with E-state index in [4.69, 9.17) is 11.5 Å². The van der Waals surface area contributed by atoms with E-state index in [0.29, 0.717) is 19.0 Å². The quantitative estimate of drug-likeness (QED) is 0.718. The minimum absolute atomic E-state index is 0.372. The molecule has 4 heteroatoms. The van der Waals surface area contributed by atoms with Gasteiger partial charge in [0.05, 0.1) is 5.69 Å². The average molecular weight is 196 g/mol. The van der Waals surface area contributed by atoms with Crippen LogP contribution in [0.2, 0.25) is 0 Å². The second kappa shape index (κ2) is 4.57. The standard InChI is InChI=1S/C10H20N4/c1-7-10(4-9(5-11)6-12)8(2)14(3)13-7/h9H,4-6,11-12H2,1-3H3. The summed E-state index contributed by atoms with van der Waals surface area (Å²) >= 11 is 0. The van der Waals surface area contributed by atoms with Crippen LogP contribution in [0.15, 0.2) is 0 Å². The molecule has 80 valence electrons. The maximum atomic E-state index is 5.63. The normalized spacial score (nSPS) is 11.3. The summed E-state index contributed by atoms with van der Waals surface area (Å²) in [7, 11) is 1.96. The zero-order valence-electron chi connectivity index (χ0n) is 9.25. The van der Waals surface area contributed by atoms with Crippen LogP contribution in [0, 0.1) is 19.8 Å². The van der Waals surface area contributed by atoms with Gasteiger partial charge in [-0.1, -0.05) is 0 Å². The third-order valence-electron chi connectivity index (χ3n) is 2.82. The van der Waals surface area contributed by atoms with Crippen molar-refractivity contribution in [2.45, 2.75) is 20.3 Å². The van der Waals surface area contributed by atoms with Crippen molar-refractivity contribution in [1.29, 1.82) is 0 Å². The van der Waals surface area contributed by atoms with E-state index in [2.05, 4.69) is 12.0 Å². The first-order valence-corrected chi connectivity index (χ1v) is 4.99. The Morgan fingerprint density at radius 3 is 2.21 bits per heavy atom. The molecule has 1 aromatic heterocycles. The fourth-order valence-electron chi connectivity index (χ4n) is 1.66. The van der Waals surface area contributed by atoms with Gasteiger partial charge in [-0.15, -0.1) is 0 Å². The molecule has 1 rings (SSSR count). The summed E-state index contributed by atoms with van der Waals surface area (Å²) in [5, 5.41) is 4.37. The van der Waals surface area contributed by atoms with Gasteiger partial charge in [-0.3, -0.25) is 4.68 Å². The van der Waals surface area contributed by atoms with Gasteiger partial charge in [0.15, 0.2) is 0 Å². The minimum atomic E-state index is 0.372. The molecule has 0 spiro atoms. The van der Waals surface area contributed by atoms with E-state index in [1.54, 1.807) is 0 Å². The van der Waals surface area contributed by atoms with Gasteiger partial charge in [0.25, 0.3) is 0 Å². The molecule has 1 aromatic rings. The summed E-state index contributed by atoms with van der Waals surface area (Å²) in [6.45, 7) is 5.40. The van der Waals surface area contributed by atoms with E-state index in [1.165, 1.54) is 11.3 Å². The smallest absolute Gasteiger partial charge is 0.0628 e. The first-order chi connectivity index (χ1) is 6.60. The summed E-state index contributed by atoms with van der Waals surface area (Å²) < 4.78 is 1.91. The van der Waals surface area contributed by atoms with E-state index < -0.39 is 0 Å². The van der Waals surface area contributed by atoms with Gasteiger partial charge < -0.3 is 11.5 Å². The summed E-state index contributed by atoms with van der Waals surface area (Å²) in [6.07, 6.45) is 0.943. The van der Waals surface area contributed by atoms with Gasteiger partial charge in [-0.25, -0.2) is 0 Å². The summed E-state index contributed by atoms with van der Waals surface area (Å²) in [4.78, 5) is 0. The molecule has 0 radical (unpaired) electrons. The number of nitrogens with zero attached hydrogens (tertiary/aromatic N) is 2. The lowest BCUT2D eigenvalue weighted by atomic mass is 9.98. The van der Waals surface area contributed by atoms with Crippen LogP contribution in [0.5, 0.6) is 0 Å². The van der Waals surface area contributed by atoms with Crippen LogP contribution in [0.4, 0.5) is 0 Å². The van der Waals surface area contributed by atoms with Crippen LogP contribution in [0.3, 0.4) is 0 Å². The molecule has 1 heterocycles. The number of aryl methyl sites for hydroxylation is 2. The zero-order chi connectivity index (χ0) is 10.7. The Bertz CT molecular complexity index is 299. The molecule has 14 heavy (non-hydrogen) atoms. The molecule has 0 fully saturated rings. The molecular weight excluding hydrogens is 176 g/mol. The molecule has 0 unspecified atom stereocenters. The third kappa shape index (κ3) is 2.13. The van der Waals surface area contributed by atoms with Crippen LogP contribution in [-0.4, -0.2) is 22.9 Å². The first kappa shape index (κ1) is 11.2. The highest BCUT2D eigenvalue weighted by Crippen LogP contribution is 2.15. The Kier molecular flexibility index (Phi) is 3.66. The van der Waals surface area contributed by atoms with E-state index >= 15 is 0 Å². The fourth-order valence-corrected chi connectivity index (χ4v) is 1.66. The van der Waals surface area contributed by atoms with Crippen LogP contribution in [0.25, 0.3) is 0 Å². The van der Waals surface area contributed by atoms with Crippen molar-refractivity contribution in [3.63, 3.8) is 0 Å². The van der Waals surface area contributed by atoms with Crippen molar-refractivity contribution in [1.82, 2.24) is 9.78 Å².